The number of esters is 1. The lowest BCUT2D eigenvalue weighted by Gasteiger charge is -2.26. The molecule has 0 radical (unpaired) electrons. The molecule has 2 amide bonds. The fourth-order valence-corrected chi connectivity index (χ4v) is 2.80. The van der Waals surface area contributed by atoms with E-state index in [0.29, 0.717) is 25.3 Å². The maximum absolute atomic E-state index is 12.1. The van der Waals surface area contributed by atoms with Crippen molar-refractivity contribution in [1.29, 1.82) is 0 Å². The van der Waals surface area contributed by atoms with Gasteiger partial charge in [0.1, 0.15) is 6.04 Å². The molecule has 1 heterocycles. The van der Waals surface area contributed by atoms with Crippen molar-refractivity contribution < 1.29 is 19.1 Å². The third-order valence-corrected chi connectivity index (χ3v) is 4.34. The number of nitrogens with one attached hydrogen (secondary N) is 2. The average Bonchev–Trinajstić information content (AvgIpc) is 3.31. The van der Waals surface area contributed by atoms with Crippen molar-refractivity contribution in [3.8, 4) is 0 Å². The van der Waals surface area contributed by atoms with Crippen LogP contribution in [0.25, 0.3) is 0 Å². The van der Waals surface area contributed by atoms with Gasteiger partial charge < -0.3 is 21.1 Å². The molecule has 4 N–H and O–H groups in total. The number of hydrogen-bond donors (Lipinski definition) is 3. The summed E-state index contributed by atoms with van der Waals surface area (Å²) in [5.41, 5.74) is 5.87. The van der Waals surface area contributed by atoms with Crippen LogP contribution in [0.15, 0.2) is 0 Å². The summed E-state index contributed by atoms with van der Waals surface area (Å²) < 4.78 is 4.74. The molecule has 0 spiro atoms. The average molecular weight is 311 g/mol. The van der Waals surface area contributed by atoms with Crippen molar-refractivity contribution in [3.05, 3.63) is 0 Å². The lowest BCUT2D eigenvalue weighted by molar-refractivity contribution is -0.146. The van der Waals surface area contributed by atoms with Crippen LogP contribution < -0.4 is 16.4 Å². The van der Waals surface area contributed by atoms with Crippen molar-refractivity contribution in [2.45, 2.75) is 50.6 Å². The van der Waals surface area contributed by atoms with E-state index in [0.717, 1.165) is 19.3 Å². The van der Waals surface area contributed by atoms with Crippen LogP contribution in [0.1, 0.15) is 38.5 Å². The van der Waals surface area contributed by atoms with Crippen molar-refractivity contribution in [2.24, 2.45) is 17.6 Å². The Bertz CT molecular complexity index is 437. The largest absolute Gasteiger partial charge is 0.467 e. The van der Waals surface area contributed by atoms with E-state index in [9.17, 15) is 14.4 Å². The minimum Gasteiger partial charge on any atom is -0.467 e. The summed E-state index contributed by atoms with van der Waals surface area (Å²) in [5, 5.41) is 5.43. The first-order valence-corrected chi connectivity index (χ1v) is 7.92. The molecule has 1 aliphatic heterocycles. The number of methoxy groups -OCH3 is 1. The zero-order chi connectivity index (χ0) is 16.1. The van der Waals surface area contributed by atoms with Crippen LogP contribution in [0.5, 0.6) is 0 Å². The van der Waals surface area contributed by atoms with Gasteiger partial charge in [-0.1, -0.05) is 12.8 Å². The Labute approximate surface area is 130 Å². The van der Waals surface area contributed by atoms with E-state index >= 15 is 0 Å². The molecule has 1 saturated carbocycles. The van der Waals surface area contributed by atoms with Crippen LogP contribution >= 0.6 is 0 Å². The molecule has 1 aliphatic carbocycles. The molecule has 1 saturated heterocycles. The predicted octanol–water partition coefficient (Wildman–Crippen LogP) is -0.312. The normalized spacial score (nSPS) is 24.1. The summed E-state index contributed by atoms with van der Waals surface area (Å²) in [6.07, 6.45) is 4.71. The Hall–Kier alpha value is -1.63. The second-order valence-corrected chi connectivity index (χ2v) is 6.24. The fourth-order valence-electron chi connectivity index (χ4n) is 2.80. The van der Waals surface area contributed by atoms with E-state index in [1.54, 1.807) is 0 Å². The molecule has 3 unspecified atom stereocenters. The lowest BCUT2D eigenvalue weighted by Crippen LogP contribution is -2.51. The van der Waals surface area contributed by atoms with Gasteiger partial charge in [0.2, 0.25) is 11.8 Å². The molecule has 7 heteroatoms. The first-order valence-electron chi connectivity index (χ1n) is 7.92. The SMILES string of the molecule is COC(=O)C(CC1CCCNC1=O)NC(=O)C(N)CC1CC1. The van der Waals surface area contributed by atoms with Crippen LogP contribution in [0.3, 0.4) is 0 Å². The third kappa shape index (κ3) is 4.69. The van der Waals surface area contributed by atoms with Crippen molar-refractivity contribution >= 4 is 17.8 Å². The van der Waals surface area contributed by atoms with Gasteiger partial charge in [-0.2, -0.15) is 0 Å². The zero-order valence-electron chi connectivity index (χ0n) is 13.0. The second kappa shape index (κ2) is 7.58. The number of rotatable bonds is 7. The molecular weight excluding hydrogens is 286 g/mol. The molecule has 0 aromatic heterocycles. The minimum atomic E-state index is -0.823. The maximum atomic E-state index is 12.1. The summed E-state index contributed by atoms with van der Waals surface area (Å²) >= 11 is 0. The van der Waals surface area contributed by atoms with Crippen LogP contribution in [-0.2, 0) is 19.1 Å². The number of carbonyl (C=O) groups excluding carboxylic acids is 3. The first kappa shape index (κ1) is 16.7. The number of hydrogen-bond acceptors (Lipinski definition) is 5. The number of carbonyl (C=O) groups is 3. The highest BCUT2D eigenvalue weighted by molar-refractivity contribution is 5.88. The maximum Gasteiger partial charge on any atom is 0.328 e. The quantitative estimate of drug-likeness (QED) is 0.559. The van der Waals surface area contributed by atoms with Crippen molar-refractivity contribution in [3.63, 3.8) is 0 Å². The minimum absolute atomic E-state index is 0.0725. The Morgan fingerprint density at radius 1 is 1.36 bits per heavy atom. The monoisotopic (exact) mass is 311 g/mol. The standard InChI is InChI=1S/C15H25N3O4/c1-22-15(21)12(8-10-3-2-6-17-13(10)19)18-14(20)11(16)7-9-4-5-9/h9-12H,2-8,16H2,1H3,(H,17,19)(H,18,20). The molecule has 2 rings (SSSR count). The number of piperidine rings is 1. The molecule has 22 heavy (non-hydrogen) atoms. The number of amides is 2. The summed E-state index contributed by atoms with van der Waals surface area (Å²) in [7, 11) is 1.27. The summed E-state index contributed by atoms with van der Waals surface area (Å²) in [6, 6.07) is -1.43. The fraction of sp³-hybridized carbons (Fsp3) is 0.800. The van der Waals surface area contributed by atoms with Crippen LogP contribution in [-0.4, -0.2) is 43.5 Å². The van der Waals surface area contributed by atoms with E-state index in [1.165, 1.54) is 7.11 Å². The molecule has 0 aromatic rings. The van der Waals surface area contributed by atoms with Gasteiger partial charge in [0.15, 0.2) is 0 Å². The van der Waals surface area contributed by atoms with E-state index in [-0.39, 0.29) is 24.2 Å². The highest BCUT2D eigenvalue weighted by atomic mass is 16.5. The smallest absolute Gasteiger partial charge is 0.328 e. The lowest BCUT2D eigenvalue weighted by atomic mass is 9.91. The number of ether oxygens (including phenoxy) is 1. The van der Waals surface area contributed by atoms with E-state index in [4.69, 9.17) is 10.5 Å². The van der Waals surface area contributed by atoms with E-state index in [1.807, 2.05) is 0 Å². The molecule has 2 aliphatic rings. The zero-order valence-corrected chi connectivity index (χ0v) is 13.0. The van der Waals surface area contributed by atoms with E-state index < -0.39 is 18.1 Å². The molecular formula is C15H25N3O4. The van der Waals surface area contributed by atoms with Crippen molar-refractivity contribution in [1.82, 2.24) is 10.6 Å². The molecule has 3 atom stereocenters. The van der Waals surface area contributed by atoms with Gasteiger partial charge >= 0.3 is 5.97 Å². The highest BCUT2D eigenvalue weighted by Gasteiger charge is 2.33. The van der Waals surface area contributed by atoms with E-state index in [2.05, 4.69) is 10.6 Å². The van der Waals surface area contributed by atoms with Gasteiger partial charge in [0, 0.05) is 12.5 Å². The van der Waals surface area contributed by atoms with Gasteiger partial charge in [-0.05, 0) is 31.6 Å². The molecule has 0 bridgehead atoms. The topological polar surface area (TPSA) is 111 Å². The van der Waals surface area contributed by atoms with Gasteiger partial charge in [-0.3, -0.25) is 9.59 Å². The van der Waals surface area contributed by atoms with Crippen LogP contribution in [0.4, 0.5) is 0 Å². The summed E-state index contributed by atoms with van der Waals surface area (Å²) in [4.78, 5) is 35.8. The molecule has 7 nitrogen and oxygen atoms in total. The van der Waals surface area contributed by atoms with Crippen LogP contribution in [0.2, 0.25) is 0 Å². The van der Waals surface area contributed by atoms with Gasteiger partial charge in [-0.15, -0.1) is 0 Å². The first-order chi connectivity index (χ1) is 10.5. The molecule has 0 aromatic carbocycles. The third-order valence-electron chi connectivity index (χ3n) is 4.34. The van der Waals surface area contributed by atoms with Gasteiger partial charge in [0.25, 0.3) is 0 Å². The number of nitrogens with two attached hydrogens (primary N) is 1. The van der Waals surface area contributed by atoms with Gasteiger partial charge in [0.05, 0.1) is 13.2 Å². The highest BCUT2D eigenvalue weighted by Crippen LogP contribution is 2.33. The predicted molar refractivity (Wildman–Crippen MR) is 79.6 cm³/mol. The van der Waals surface area contributed by atoms with Gasteiger partial charge in [-0.25, -0.2) is 4.79 Å². The van der Waals surface area contributed by atoms with Crippen LogP contribution in [0, 0.1) is 11.8 Å². The Morgan fingerprint density at radius 2 is 2.09 bits per heavy atom. The van der Waals surface area contributed by atoms with Crippen molar-refractivity contribution in [2.75, 3.05) is 13.7 Å². The Kier molecular flexibility index (Phi) is 5.76. The Balaban J connectivity index is 1.91. The second-order valence-electron chi connectivity index (χ2n) is 6.24. The Morgan fingerprint density at radius 3 is 2.68 bits per heavy atom. The molecule has 2 fully saturated rings. The molecule has 124 valence electrons. The summed E-state index contributed by atoms with van der Waals surface area (Å²) in [6.45, 7) is 0.664. The summed E-state index contributed by atoms with van der Waals surface area (Å²) in [5.74, 6) is -0.709.